The van der Waals surface area contributed by atoms with Crippen molar-refractivity contribution in [2.24, 2.45) is 0 Å². The number of aromatic nitrogens is 2. The third-order valence-corrected chi connectivity index (χ3v) is 7.64. The van der Waals surface area contributed by atoms with E-state index in [0.29, 0.717) is 61.9 Å². The zero-order valence-corrected chi connectivity index (χ0v) is 22.9. The number of carbonyl (C=O) groups is 1. The lowest BCUT2D eigenvalue weighted by Gasteiger charge is -2.33. The summed E-state index contributed by atoms with van der Waals surface area (Å²) >= 11 is 6.27. The highest BCUT2D eigenvalue weighted by Crippen LogP contribution is 2.29. The Morgan fingerprint density at radius 3 is 2.59 bits per heavy atom. The average molecular weight is 551 g/mol. The molecule has 1 aliphatic rings. The number of benzene rings is 2. The van der Waals surface area contributed by atoms with E-state index in [1.54, 1.807) is 12.1 Å². The summed E-state index contributed by atoms with van der Waals surface area (Å²) in [4.78, 5) is 22.7. The van der Waals surface area contributed by atoms with Crippen LogP contribution in [0.15, 0.2) is 53.1 Å². The number of aryl methyl sites for hydroxylation is 2. The van der Waals surface area contributed by atoms with Crippen molar-refractivity contribution >= 4 is 34.2 Å². The largest absolute Gasteiger partial charge is 0.393 e. The Morgan fingerprint density at radius 2 is 1.90 bits per heavy atom. The molecule has 3 heterocycles. The maximum absolute atomic E-state index is 13.7. The lowest BCUT2D eigenvalue weighted by atomic mass is 10.0. The number of piperidine rings is 1. The van der Waals surface area contributed by atoms with Gasteiger partial charge in [-0.15, -0.1) is 0 Å². The molecule has 0 unspecified atom stereocenters. The first-order chi connectivity index (χ1) is 18.8. The second-order valence-corrected chi connectivity index (χ2v) is 10.6. The normalized spacial score (nSPS) is 14.2. The molecule has 2 aromatic heterocycles. The first-order valence-electron chi connectivity index (χ1n) is 13.2. The number of hydrogen-bond acceptors (Lipinski definition) is 6. The van der Waals surface area contributed by atoms with E-state index in [2.05, 4.69) is 16.1 Å². The molecule has 0 radical (unpaired) electrons. The van der Waals surface area contributed by atoms with Crippen LogP contribution in [0.2, 0.25) is 5.02 Å². The van der Waals surface area contributed by atoms with Crippen LogP contribution < -0.4 is 4.90 Å². The number of rotatable bonds is 8. The number of anilines is 1. The Bertz CT molecular complexity index is 1450. The second-order valence-electron chi connectivity index (χ2n) is 10.2. The van der Waals surface area contributed by atoms with E-state index in [1.165, 1.54) is 12.1 Å². The average Bonchev–Trinajstić information content (AvgIpc) is 3.24. The molecule has 39 heavy (non-hydrogen) atoms. The summed E-state index contributed by atoms with van der Waals surface area (Å²) in [7, 11) is 0. The van der Waals surface area contributed by atoms with Gasteiger partial charge in [-0.2, -0.15) is 0 Å². The molecular weight excluding hydrogens is 519 g/mol. The van der Waals surface area contributed by atoms with Crippen molar-refractivity contribution in [3.8, 4) is 0 Å². The minimum absolute atomic E-state index is 0.0530. The molecule has 4 aromatic rings. The van der Waals surface area contributed by atoms with Gasteiger partial charge in [0.25, 0.3) is 0 Å². The summed E-state index contributed by atoms with van der Waals surface area (Å²) in [6.45, 7) is 5.80. The Kier molecular flexibility index (Phi) is 8.14. The minimum atomic E-state index is -0.316. The SMILES string of the molecule is Cc1noc(C)c1CC(=O)N(CCc1ccc(F)cc1)Cc1cc2ccc(Cl)cc2nc1N1CCC(O)CC1. The fourth-order valence-corrected chi connectivity index (χ4v) is 5.24. The van der Waals surface area contributed by atoms with Crippen LogP contribution in [-0.4, -0.2) is 51.8 Å². The Hall–Kier alpha value is -3.49. The molecule has 7 nitrogen and oxygen atoms in total. The fraction of sp³-hybridized carbons (Fsp3) is 0.367. The van der Waals surface area contributed by atoms with Gasteiger partial charge in [-0.1, -0.05) is 35.0 Å². The lowest BCUT2D eigenvalue weighted by molar-refractivity contribution is -0.131. The third-order valence-electron chi connectivity index (χ3n) is 7.41. The van der Waals surface area contributed by atoms with E-state index < -0.39 is 0 Å². The maximum Gasteiger partial charge on any atom is 0.227 e. The summed E-state index contributed by atoms with van der Waals surface area (Å²) in [5, 5.41) is 15.6. The molecule has 1 aliphatic heterocycles. The number of hydrogen-bond donors (Lipinski definition) is 1. The zero-order chi connectivity index (χ0) is 27.5. The molecule has 1 fully saturated rings. The molecule has 0 saturated carbocycles. The van der Waals surface area contributed by atoms with Gasteiger partial charge in [0.05, 0.1) is 23.7 Å². The predicted octanol–water partition coefficient (Wildman–Crippen LogP) is 5.41. The van der Waals surface area contributed by atoms with Crippen molar-refractivity contribution < 1.29 is 18.8 Å². The molecule has 204 valence electrons. The van der Waals surface area contributed by atoms with Crippen molar-refractivity contribution in [1.82, 2.24) is 15.0 Å². The van der Waals surface area contributed by atoms with E-state index in [9.17, 15) is 14.3 Å². The molecule has 1 N–H and O–H groups in total. The first kappa shape index (κ1) is 27.1. The summed E-state index contributed by atoms with van der Waals surface area (Å²) in [5.41, 5.74) is 4.15. The van der Waals surface area contributed by atoms with Crippen LogP contribution in [0.25, 0.3) is 10.9 Å². The van der Waals surface area contributed by atoms with Gasteiger partial charge < -0.3 is 19.4 Å². The van der Waals surface area contributed by atoms with E-state index in [-0.39, 0.29) is 24.2 Å². The molecule has 0 aliphatic carbocycles. The summed E-state index contributed by atoms with van der Waals surface area (Å²) < 4.78 is 18.8. The van der Waals surface area contributed by atoms with Gasteiger partial charge in [0.1, 0.15) is 17.4 Å². The fourth-order valence-electron chi connectivity index (χ4n) is 5.07. The van der Waals surface area contributed by atoms with Crippen LogP contribution in [0.4, 0.5) is 10.2 Å². The van der Waals surface area contributed by atoms with Gasteiger partial charge in [-0.3, -0.25) is 4.79 Å². The molecular formula is C30H32ClFN4O3. The van der Waals surface area contributed by atoms with E-state index >= 15 is 0 Å². The summed E-state index contributed by atoms with van der Waals surface area (Å²) in [6, 6.07) is 14.1. The van der Waals surface area contributed by atoms with Crippen LogP contribution >= 0.6 is 11.6 Å². The quantitative estimate of drug-likeness (QED) is 0.316. The van der Waals surface area contributed by atoms with Crippen LogP contribution in [0.5, 0.6) is 0 Å². The highest BCUT2D eigenvalue weighted by atomic mass is 35.5. The first-order valence-corrected chi connectivity index (χ1v) is 13.6. The number of nitrogens with zero attached hydrogens (tertiary/aromatic N) is 4. The summed E-state index contributed by atoms with van der Waals surface area (Å²) in [6.07, 6.45) is 1.76. The van der Waals surface area contributed by atoms with Crippen molar-refractivity contribution in [1.29, 1.82) is 0 Å². The van der Waals surface area contributed by atoms with Crippen LogP contribution in [0.1, 0.15) is 41.0 Å². The smallest absolute Gasteiger partial charge is 0.227 e. The number of aliphatic hydroxyl groups excluding tert-OH is 1. The minimum Gasteiger partial charge on any atom is -0.393 e. The number of halogens is 2. The van der Waals surface area contributed by atoms with Crippen LogP contribution in [0.3, 0.4) is 0 Å². The zero-order valence-electron chi connectivity index (χ0n) is 22.2. The number of amides is 1. The van der Waals surface area contributed by atoms with Gasteiger partial charge in [0.15, 0.2) is 0 Å². The van der Waals surface area contributed by atoms with Crippen molar-refractivity contribution in [2.75, 3.05) is 24.5 Å². The van der Waals surface area contributed by atoms with E-state index in [4.69, 9.17) is 21.1 Å². The molecule has 0 spiro atoms. The van der Waals surface area contributed by atoms with Gasteiger partial charge in [-0.05, 0) is 69.0 Å². The highest BCUT2D eigenvalue weighted by molar-refractivity contribution is 6.31. The van der Waals surface area contributed by atoms with Gasteiger partial charge in [0.2, 0.25) is 5.91 Å². The van der Waals surface area contributed by atoms with E-state index in [0.717, 1.165) is 33.4 Å². The Morgan fingerprint density at radius 1 is 1.15 bits per heavy atom. The molecule has 9 heteroatoms. The number of fused-ring (bicyclic) bond motifs is 1. The van der Waals surface area contributed by atoms with Gasteiger partial charge >= 0.3 is 0 Å². The second kappa shape index (κ2) is 11.7. The number of aliphatic hydroxyl groups is 1. The number of pyridine rings is 1. The molecule has 0 bridgehead atoms. The van der Waals surface area contributed by atoms with Crippen LogP contribution in [-0.2, 0) is 24.2 Å². The van der Waals surface area contributed by atoms with E-state index in [1.807, 2.05) is 36.9 Å². The number of carbonyl (C=O) groups excluding carboxylic acids is 1. The van der Waals surface area contributed by atoms with Gasteiger partial charge in [0, 0.05) is 47.7 Å². The molecule has 0 atom stereocenters. The Labute approximate surface area is 232 Å². The molecule has 1 amide bonds. The highest BCUT2D eigenvalue weighted by Gasteiger charge is 2.25. The monoisotopic (exact) mass is 550 g/mol. The van der Waals surface area contributed by atoms with Gasteiger partial charge in [-0.25, -0.2) is 9.37 Å². The standard InChI is InChI=1S/C30H32ClFN4O3/c1-19-27(20(2)39-34-19)17-29(38)36(12-9-21-3-7-25(32)8-4-21)18-23-15-22-5-6-24(31)16-28(22)33-30(23)35-13-10-26(37)11-14-35/h3-8,15-16,26,37H,9-14,17-18H2,1-2H3. The molecule has 2 aromatic carbocycles. The van der Waals surface area contributed by atoms with Crippen LogP contribution in [0, 0.1) is 19.7 Å². The lowest BCUT2D eigenvalue weighted by Crippen LogP contribution is -2.38. The topological polar surface area (TPSA) is 82.7 Å². The third kappa shape index (κ3) is 6.40. The maximum atomic E-state index is 13.7. The van der Waals surface area contributed by atoms with Crippen molar-refractivity contribution in [3.05, 3.63) is 87.5 Å². The predicted molar refractivity (Wildman–Crippen MR) is 149 cm³/mol. The molecule has 1 saturated heterocycles. The Balaban J connectivity index is 1.48. The molecule has 5 rings (SSSR count). The van der Waals surface area contributed by atoms with Crippen molar-refractivity contribution in [2.45, 2.75) is 52.2 Å². The summed E-state index contributed by atoms with van der Waals surface area (Å²) in [5.74, 6) is 1.09. The van der Waals surface area contributed by atoms with Crippen molar-refractivity contribution in [3.63, 3.8) is 0 Å².